The minimum Gasteiger partial charge on any atom is -0.454 e. The number of hydrogen-bond acceptors (Lipinski definition) is 3. The van der Waals surface area contributed by atoms with Crippen molar-refractivity contribution in [3.63, 3.8) is 0 Å². The lowest BCUT2D eigenvalue weighted by molar-refractivity contribution is 0.201. The summed E-state index contributed by atoms with van der Waals surface area (Å²) >= 11 is 3.19. The Balaban J connectivity index is 2.63. The fraction of sp³-hybridized carbons (Fsp3) is 0.500. The highest BCUT2D eigenvalue weighted by Gasteiger charge is 2.19. The van der Waals surface area contributed by atoms with Crippen molar-refractivity contribution >= 4 is 15.9 Å². The first-order valence-corrected chi connectivity index (χ1v) is 4.47. The molecular formula is C8H12BrNO2. The molecule has 68 valence electrons. The van der Waals surface area contributed by atoms with Gasteiger partial charge in [0, 0.05) is 12.0 Å². The van der Waals surface area contributed by atoms with Gasteiger partial charge >= 0.3 is 0 Å². The summed E-state index contributed by atoms with van der Waals surface area (Å²) in [5.41, 5.74) is 5.13. The lowest BCUT2D eigenvalue weighted by Gasteiger charge is -2.19. The first-order chi connectivity index (χ1) is 5.53. The third kappa shape index (κ3) is 2.62. The molecule has 3 N–H and O–H groups in total. The molecule has 0 aliphatic rings. The van der Waals surface area contributed by atoms with Crippen LogP contribution >= 0.6 is 15.9 Å². The molecule has 0 saturated heterocycles. The van der Waals surface area contributed by atoms with Gasteiger partial charge in [0.25, 0.3) is 0 Å². The van der Waals surface area contributed by atoms with Crippen molar-refractivity contribution in [3.05, 3.63) is 22.6 Å². The van der Waals surface area contributed by atoms with Gasteiger partial charge < -0.3 is 15.3 Å². The van der Waals surface area contributed by atoms with E-state index in [2.05, 4.69) is 15.9 Å². The van der Waals surface area contributed by atoms with Crippen LogP contribution in [0.15, 0.2) is 21.2 Å². The van der Waals surface area contributed by atoms with Gasteiger partial charge in [-0.25, -0.2) is 0 Å². The van der Waals surface area contributed by atoms with Crippen LogP contribution in [-0.4, -0.2) is 17.3 Å². The van der Waals surface area contributed by atoms with E-state index >= 15 is 0 Å². The molecule has 1 aromatic rings. The Hall–Kier alpha value is -0.320. The van der Waals surface area contributed by atoms with E-state index in [0.29, 0.717) is 11.1 Å². The fourth-order valence-electron chi connectivity index (χ4n) is 0.901. The van der Waals surface area contributed by atoms with Crippen LogP contribution in [0, 0.1) is 0 Å². The van der Waals surface area contributed by atoms with Gasteiger partial charge in [0.15, 0.2) is 4.67 Å². The largest absolute Gasteiger partial charge is 0.454 e. The number of halogens is 1. The molecule has 1 heterocycles. The lowest BCUT2D eigenvalue weighted by atomic mass is 9.99. The molecule has 0 spiro atoms. The summed E-state index contributed by atoms with van der Waals surface area (Å²) in [5.74, 6) is 0.779. The van der Waals surface area contributed by atoms with Gasteiger partial charge in [0.2, 0.25) is 0 Å². The van der Waals surface area contributed by atoms with Crippen LogP contribution in [0.3, 0.4) is 0 Å². The standard InChI is InChI=1S/C8H12BrNO2/c1-8(10,5-11)4-6-2-3-7(9)12-6/h2-3,11H,4-5,10H2,1H3. The maximum atomic E-state index is 8.88. The zero-order chi connectivity index (χ0) is 9.19. The molecule has 0 bridgehead atoms. The number of rotatable bonds is 3. The Labute approximate surface area is 79.7 Å². The van der Waals surface area contributed by atoms with Crippen LogP contribution in [0.25, 0.3) is 0 Å². The highest BCUT2D eigenvalue weighted by molar-refractivity contribution is 9.10. The summed E-state index contributed by atoms with van der Waals surface area (Å²) in [7, 11) is 0. The van der Waals surface area contributed by atoms with Crippen molar-refractivity contribution < 1.29 is 9.52 Å². The Morgan fingerprint density at radius 1 is 1.67 bits per heavy atom. The van der Waals surface area contributed by atoms with Crippen molar-refractivity contribution in [2.45, 2.75) is 18.9 Å². The normalized spacial score (nSPS) is 16.0. The monoisotopic (exact) mass is 233 g/mol. The van der Waals surface area contributed by atoms with Crippen molar-refractivity contribution in [3.8, 4) is 0 Å². The molecule has 3 nitrogen and oxygen atoms in total. The van der Waals surface area contributed by atoms with Crippen LogP contribution in [-0.2, 0) is 6.42 Å². The molecular weight excluding hydrogens is 222 g/mol. The Morgan fingerprint density at radius 3 is 2.75 bits per heavy atom. The summed E-state index contributed by atoms with van der Waals surface area (Å²) in [6.07, 6.45) is 0.537. The van der Waals surface area contributed by atoms with Crippen LogP contribution in [0.4, 0.5) is 0 Å². The van der Waals surface area contributed by atoms with Crippen LogP contribution in [0.2, 0.25) is 0 Å². The lowest BCUT2D eigenvalue weighted by Crippen LogP contribution is -2.42. The molecule has 12 heavy (non-hydrogen) atoms. The van der Waals surface area contributed by atoms with E-state index in [4.69, 9.17) is 15.3 Å². The highest BCUT2D eigenvalue weighted by Crippen LogP contribution is 2.17. The van der Waals surface area contributed by atoms with Gasteiger partial charge in [-0.05, 0) is 35.0 Å². The predicted octanol–water partition coefficient (Wildman–Crippen LogP) is 1.29. The van der Waals surface area contributed by atoms with Crippen molar-refractivity contribution in [2.75, 3.05) is 6.61 Å². The van der Waals surface area contributed by atoms with E-state index in [1.807, 2.05) is 12.1 Å². The Kier molecular flexibility index (Phi) is 2.93. The van der Waals surface area contributed by atoms with E-state index in [-0.39, 0.29) is 6.61 Å². The third-order valence-electron chi connectivity index (χ3n) is 1.57. The minimum absolute atomic E-state index is 0.0503. The third-order valence-corrected chi connectivity index (χ3v) is 1.99. The summed E-state index contributed by atoms with van der Waals surface area (Å²) in [6.45, 7) is 1.73. The van der Waals surface area contributed by atoms with Gasteiger partial charge in [-0.2, -0.15) is 0 Å². The molecule has 0 aromatic carbocycles. The first kappa shape index (κ1) is 9.77. The van der Waals surface area contributed by atoms with Crippen LogP contribution in [0.5, 0.6) is 0 Å². The average molecular weight is 234 g/mol. The molecule has 1 unspecified atom stereocenters. The van der Waals surface area contributed by atoms with Crippen LogP contribution in [0.1, 0.15) is 12.7 Å². The second-order valence-corrected chi connectivity index (χ2v) is 3.98. The smallest absolute Gasteiger partial charge is 0.169 e. The molecule has 1 atom stereocenters. The molecule has 0 fully saturated rings. The van der Waals surface area contributed by atoms with Crippen molar-refractivity contribution in [1.82, 2.24) is 0 Å². The summed E-state index contributed by atoms with van der Waals surface area (Å²) in [5, 5.41) is 8.88. The molecule has 1 rings (SSSR count). The van der Waals surface area contributed by atoms with Crippen molar-refractivity contribution in [1.29, 1.82) is 0 Å². The average Bonchev–Trinajstić information content (AvgIpc) is 2.35. The fourth-order valence-corrected chi connectivity index (χ4v) is 1.24. The first-order valence-electron chi connectivity index (χ1n) is 3.67. The number of aliphatic hydroxyl groups is 1. The van der Waals surface area contributed by atoms with Gasteiger partial charge in [-0.15, -0.1) is 0 Å². The minimum atomic E-state index is -0.600. The summed E-state index contributed by atoms with van der Waals surface area (Å²) < 4.78 is 5.93. The van der Waals surface area contributed by atoms with Crippen molar-refractivity contribution in [2.24, 2.45) is 5.73 Å². The maximum Gasteiger partial charge on any atom is 0.169 e. The number of furan rings is 1. The Bertz CT molecular complexity index is 257. The predicted molar refractivity (Wildman–Crippen MR) is 49.8 cm³/mol. The van der Waals surface area contributed by atoms with Gasteiger partial charge in [-0.3, -0.25) is 0 Å². The SMILES string of the molecule is CC(N)(CO)Cc1ccc(Br)o1. The van der Waals surface area contributed by atoms with Crippen LogP contribution < -0.4 is 5.73 Å². The second kappa shape index (κ2) is 3.60. The summed E-state index contributed by atoms with van der Waals surface area (Å²) in [4.78, 5) is 0. The second-order valence-electron chi connectivity index (χ2n) is 3.19. The van der Waals surface area contributed by atoms with E-state index in [0.717, 1.165) is 5.76 Å². The van der Waals surface area contributed by atoms with Gasteiger partial charge in [0.05, 0.1) is 6.61 Å². The van der Waals surface area contributed by atoms with Gasteiger partial charge in [0.1, 0.15) is 5.76 Å². The zero-order valence-corrected chi connectivity index (χ0v) is 8.47. The number of nitrogens with two attached hydrogens (primary N) is 1. The maximum absolute atomic E-state index is 8.88. The molecule has 0 saturated carbocycles. The molecule has 4 heteroatoms. The molecule has 0 amide bonds. The van der Waals surface area contributed by atoms with E-state index in [1.165, 1.54) is 0 Å². The quantitative estimate of drug-likeness (QED) is 0.828. The van der Waals surface area contributed by atoms with E-state index in [1.54, 1.807) is 6.92 Å². The Morgan fingerprint density at radius 2 is 2.33 bits per heavy atom. The number of hydrogen-bond donors (Lipinski definition) is 2. The molecule has 1 aromatic heterocycles. The van der Waals surface area contributed by atoms with Gasteiger partial charge in [-0.1, -0.05) is 0 Å². The highest BCUT2D eigenvalue weighted by atomic mass is 79.9. The molecule has 0 radical (unpaired) electrons. The summed E-state index contributed by atoms with van der Waals surface area (Å²) in [6, 6.07) is 3.65. The zero-order valence-electron chi connectivity index (χ0n) is 6.88. The molecule has 0 aliphatic carbocycles. The van der Waals surface area contributed by atoms with E-state index < -0.39 is 5.54 Å². The topological polar surface area (TPSA) is 59.4 Å². The number of aliphatic hydroxyl groups excluding tert-OH is 1. The van der Waals surface area contributed by atoms with E-state index in [9.17, 15) is 0 Å². The molecule has 0 aliphatic heterocycles.